The van der Waals surface area contributed by atoms with E-state index in [2.05, 4.69) is 17.9 Å². The Bertz CT molecular complexity index is 159. The van der Waals surface area contributed by atoms with Crippen molar-refractivity contribution in [2.24, 2.45) is 0 Å². The van der Waals surface area contributed by atoms with Crippen molar-refractivity contribution in [3.8, 4) is 0 Å². The summed E-state index contributed by atoms with van der Waals surface area (Å²) >= 11 is 1.55. The number of allylic oxidation sites excluding steroid dienone is 3. The van der Waals surface area contributed by atoms with Gasteiger partial charge in [0.15, 0.2) is 0 Å². The summed E-state index contributed by atoms with van der Waals surface area (Å²) < 4.78 is 3.06. The highest BCUT2D eigenvalue weighted by Crippen LogP contribution is 2.00. The summed E-state index contributed by atoms with van der Waals surface area (Å²) in [6, 6.07) is 0. The predicted octanol–water partition coefficient (Wildman–Crippen LogP) is 2.50. The van der Waals surface area contributed by atoms with Gasteiger partial charge in [-0.15, -0.1) is 0 Å². The van der Waals surface area contributed by atoms with Gasteiger partial charge in [-0.25, -0.2) is 0 Å². The van der Waals surface area contributed by atoms with Crippen LogP contribution in [0.5, 0.6) is 0 Å². The van der Waals surface area contributed by atoms with Crippen LogP contribution in [0.1, 0.15) is 6.92 Å². The third-order valence-corrected chi connectivity index (χ3v) is 1.28. The van der Waals surface area contributed by atoms with Crippen molar-refractivity contribution in [3.63, 3.8) is 0 Å². The van der Waals surface area contributed by atoms with Gasteiger partial charge in [-0.05, 0) is 19.1 Å². The molecule has 0 aromatic rings. The van der Waals surface area contributed by atoms with Gasteiger partial charge >= 0.3 is 0 Å². The average Bonchev–Trinajstić information content (AvgIpc) is 1.86. The van der Waals surface area contributed by atoms with Gasteiger partial charge in [-0.3, -0.25) is 0 Å². The smallest absolute Gasteiger partial charge is 0.0436 e. The molecule has 0 rings (SSSR count). The van der Waals surface area contributed by atoms with Crippen LogP contribution in [0.4, 0.5) is 0 Å². The summed E-state index contributed by atoms with van der Waals surface area (Å²) in [4.78, 5) is 0. The first kappa shape index (κ1) is 9.37. The number of hydrogen-bond donors (Lipinski definition) is 1. The van der Waals surface area contributed by atoms with Crippen molar-refractivity contribution < 1.29 is 0 Å². The molecular weight excluding hydrogens is 142 g/mol. The predicted molar refractivity (Wildman–Crippen MR) is 49.7 cm³/mol. The van der Waals surface area contributed by atoms with Crippen molar-refractivity contribution in [2.45, 2.75) is 6.92 Å². The molecule has 0 saturated heterocycles. The second-order valence-electron chi connectivity index (χ2n) is 1.96. The Labute approximate surface area is 67.0 Å². The molecule has 0 aliphatic rings. The average molecular weight is 155 g/mol. The van der Waals surface area contributed by atoms with Gasteiger partial charge in [0.1, 0.15) is 0 Å². The Morgan fingerprint density at radius 1 is 1.60 bits per heavy atom. The van der Waals surface area contributed by atoms with Gasteiger partial charge in [0.05, 0.1) is 0 Å². The number of nitrogens with one attached hydrogen (secondary N) is 1. The van der Waals surface area contributed by atoms with Crippen LogP contribution < -0.4 is 4.72 Å². The monoisotopic (exact) mass is 155 g/mol. The summed E-state index contributed by atoms with van der Waals surface area (Å²) in [6.07, 6.45) is 5.68. The van der Waals surface area contributed by atoms with Gasteiger partial charge < -0.3 is 4.72 Å². The lowest BCUT2D eigenvalue weighted by atomic mass is 10.3. The van der Waals surface area contributed by atoms with Gasteiger partial charge in [0.25, 0.3) is 0 Å². The maximum absolute atomic E-state index is 3.75. The lowest BCUT2D eigenvalue weighted by Gasteiger charge is -2.00. The molecule has 0 aromatic carbocycles. The molecule has 10 heavy (non-hydrogen) atoms. The Morgan fingerprint density at radius 2 is 2.20 bits per heavy atom. The largest absolute Gasteiger partial charge is 0.330 e. The maximum atomic E-state index is 3.75. The minimum Gasteiger partial charge on any atom is -0.330 e. The molecule has 0 bridgehead atoms. The summed E-state index contributed by atoms with van der Waals surface area (Å²) in [6.45, 7) is 9.35. The minimum atomic E-state index is 1.00. The lowest BCUT2D eigenvalue weighted by Crippen LogP contribution is -1.98. The Morgan fingerprint density at radius 3 is 2.50 bits per heavy atom. The first-order valence-corrected chi connectivity index (χ1v) is 4.21. The molecule has 0 saturated carbocycles. The molecule has 0 unspecified atom stereocenters. The highest BCUT2D eigenvalue weighted by molar-refractivity contribution is 7.96. The summed E-state index contributed by atoms with van der Waals surface area (Å²) in [5, 5.41) is 0. The van der Waals surface area contributed by atoms with Gasteiger partial charge in [0.2, 0.25) is 0 Å². The molecule has 0 amide bonds. The summed E-state index contributed by atoms with van der Waals surface area (Å²) in [5.41, 5.74) is 2.02. The van der Waals surface area contributed by atoms with E-state index in [-0.39, 0.29) is 0 Å². The van der Waals surface area contributed by atoms with E-state index in [0.29, 0.717) is 0 Å². The maximum Gasteiger partial charge on any atom is 0.0436 e. The zero-order valence-electron chi connectivity index (χ0n) is 6.48. The van der Waals surface area contributed by atoms with E-state index in [0.717, 1.165) is 11.3 Å². The van der Waals surface area contributed by atoms with E-state index < -0.39 is 0 Å². The molecule has 0 aliphatic heterocycles. The quantitative estimate of drug-likeness (QED) is 0.494. The van der Waals surface area contributed by atoms with E-state index in [1.807, 2.05) is 19.3 Å². The van der Waals surface area contributed by atoms with Crippen LogP contribution in [0.2, 0.25) is 0 Å². The van der Waals surface area contributed by atoms with E-state index in [1.165, 1.54) is 0 Å². The lowest BCUT2D eigenvalue weighted by molar-refractivity contribution is 1.28. The van der Waals surface area contributed by atoms with Gasteiger partial charge in [0, 0.05) is 12.0 Å². The molecule has 2 heteroatoms. The van der Waals surface area contributed by atoms with Crippen LogP contribution in [-0.2, 0) is 0 Å². The van der Waals surface area contributed by atoms with Crippen molar-refractivity contribution >= 4 is 11.9 Å². The van der Waals surface area contributed by atoms with Crippen LogP contribution in [-0.4, -0.2) is 6.26 Å². The molecule has 0 fully saturated rings. The molecule has 1 nitrogen and oxygen atoms in total. The number of rotatable bonds is 4. The molecule has 0 spiro atoms. The van der Waals surface area contributed by atoms with Crippen LogP contribution in [0.25, 0.3) is 0 Å². The van der Waals surface area contributed by atoms with E-state index in [1.54, 1.807) is 18.0 Å². The molecule has 0 heterocycles. The molecule has 0 aromatic heterocycles. The van der Waals surface area contributed by atoms with Crippen LogP contribution in [0.3, 0.4) is 0 Å². The molecule has 0 atom stereocenters. The third kappa shape index (κ3) is 4.27. The summed E-state index contributed by atoms with van der Waals surface area (Å²) in [7, 11) is 0. The van der Waals surface area contributed by atoms with Crippen molar-refractivity contribution in [1.82, 2.24) is 4.72 Å². The van der Waals surface area contributed by atoms with Gasteiger partial charge in [-0.1, -0.05) is 30.7 Å². The first-order valence-electron chi connectivity index (χ1n) is 2.99. The summed E-state index contributed by atoms with van der Waals surface area (Å²) in [5.74, 6) is 0. The Hall–Kier alpha value is -0.630. The van der Waals surface area contributed by atoms with Crippen LogP contribution in [0, 0.1) is 0 Å². The van der Waals surface area contributed by atoms with Crippen molar-refractivity contribution in [1.29, 1.82) is 0 Å². The highest BCUT2D eigenvalue weighted by Gasteiger charge is 1.85. The fourth-order valence-corrected chi connectivity index (χ4v) is 0.891. The van der Waals surface area contributed by atoms with E-state index >= 15 is 0 Å². The number of hydrogen-bond acceptors (Lipinski definition) is 2. The van der Waals surface area contributed by atoms with E-state index in [4.69, 9.17) is 0 Å². The first-order chi connectivity index (χ1) is 4.70. The van der Waals surface area contributed by atoms with Crippen LogP contribution in [0.15, 0.2) is 36.6 Å². The molecule has 0 radical (unpaired) electrons. The topological polar surface area (TPSA) is 12.0 Å². The van der Waals surface area contributed by atoms with Gasteiger partial charge in [-0.2, -0.15) is 0 Å². The van der Waals surface area contributed by atoms with Crippen molar-refractivity contribution in [2.75, 3.05) is 6.26 Å². The highest BCUT2D eigenvalue weighted by atomic mass is 32.2. The zero-order chi connectivity index (χ0) is 7.98. The molecule has 0 aliphatic carbocycles. The third-order valence-electron chi connectivity index (χ3n) is 0.842. The van der Waals surface area contributed by atoms with Crippen molar-refractivity contribution in [3.05, 3.63) is 36.6 Å². The second-order valence-corrected chi connectivity index (χ2v) is 2.57. The zero-order valence-corrected chi connectivity index (χ0v) is 7.29. The second kappa shape index (κ2) is 5.18. The van der Waals surface area contributed by atoms with Crippen LogP contribution >= 0.6 is 11.9 Å². The molecule has 1 N–H and O–H groups in total. The fraction of sp³-hybridized carbons (Fsp3) is 0.250. The Balaban J connectivity index is 4.03. The molecule has 56 valence electrons. The normalized spacial score (nSPS) is 10.8. The minimum absolute atomic E-state index is 1.00. The SMILES string of the molecule is C=C/C(=C\C(=C)C)NSC. The fourth-order valence-electron chi connectivity index (χ4n) is 0.513. The Kier molecular flexibility index (Phi) is 4.85. The van der Waals surface area contributed by atoms with E-state index in [9.17, 15) is 0 Å². The molecular formula is C8H13NS. The standard InChI is InChI=1S/C8H13NS/c1-5-8(9-10-4)6-7(2)3/h5-6,9H,1-2H2,3-4H3/b8-6+.